The molecular weight excluding hydrogens is 248 g/mol. The van der Waals surface area contributed by atoms with Crippen molar-refractivity contribution in [2.45, 2.75) is 6.42 Å². The number of rotatable bonds is 5. The van der Waals surface area contributed by atoms with Gasteiger partial charge >= 0.3 is 0 Å². The first-order chi connectivity index (χ1) is 8.79. The zero-order valence-corrected chi connectivity index (χ0v) is 10.8. The Labute approximate surface area is 109 Å². The van der Waals surface area contributed by atoms with Gasteiger partial charge in [0.15, 0.2) is 5.13 Å². The van der Waals surface area contributed by atoms with Gasteiger partial charge in [0.25, 0.3) is 5.91 Å². The number of carbonyl (C=O) groups excluding carboxylic acids is 1. The average Bonchev–Trinajstić information content (AvgIpc) is 2.87. The van der Waals surface area contributed by atoms with Crippen LogP contribution >= 0.6 is 11.3 Å². The summed E-state index contributed by atoms with van der Waals surface area (Å²) in [6, 6.07) is 3.38. The molecule has 0 saturated carbocycles. The predicted molar refractivity (Wildman–Crippen MR) is 71.9 cm³/mol. The lowest BCUT2D eigenvalue weighted by molar-refractivity contribution is 0.0954. The maximum atomic E-state index is 11.7. The first-order valence-corrected chi connectivity index (χ1v) is 6.48. The second-order valence-corrected chi connectivity index (χ2v) is 4.49. The number of anilines is 1. The molecule has 6 heteroatoms. The van der Waals surface area contributed by atoms with E-state index in [2.05, 4.69) is 20.6 Å². The van der Waals surface area contributed by atoms with Crippen molar-refractivity contribution in [3.63, 3.8) is 0 Å². The van der Waals surface area contributed by atoms with Crippen LogP contribution in [0.3, 0.4) is 0 Å². The van der Waals surface area contributed by atoms with Crippen LogP contribution in [-0.4, -0.2) is 29.5 Å². The number of aromatic nitrogens is 2. The number of nitrogens with one attached hydrogen (secondary N) is 2. The minimum Gasteiger partial charge on any atom is -0.365 e. The van der Waals surface area contributed by atoms with E-state index in [4.69, 9.17) is 0 Å². The standard InChI is InChI=1S/C12H14N4OS/c1-13-12-16-10(8-18-12)4-7-15-11(17)9-2-5-14-6-3-9/h2-3,5-6,8H,4,7H2,1H3,(H,13,16)(H,15,17). The lowest BCUT2D eigenvalue weighted by atomic mass is 10.2. The van der Waals surface area contributed by atoms with E-state index in [1.54, 1.807) is 35.9 Å². The monoisotopic (exact) mass is 262 g/mol. The molecule has 18 heavy (non-hydrogen) atoms. The van der Waals surface area contributed by atoms with Crippen molar-refractivity contribution in [3.8, 4) is 0 Å². The smallest absolute Gasteiger partial charge is 0.251 e. The van der Waals surface area contributed by atoms with Gasteiger partial charge in [0.05, 0.1) is 5.69 Å². The first-order valence-electron chi connectivity index (χ1n) is 5.60. The van der Waals surface area contributed by atoms with Gasteiger partial charge in [-0.1, -0.05) is 0 Å². The molecule has 0 atom stereocenters. The molecule has 2 rings (SSSR count). The topological polar surface area (TPSA) is 66.9 Å². The van der Waals surface area contributed by atoms with Crippen molar-refractivity contribution in [1.29, 1.82) is 0 Å². The van der Waals surface area contributed by atoms with E-state index in [9.17, 15) is 4.79 Å². The number of thiazole rings is 1. The fourth-order valence-electron chi connectivity index (χ4n) is 1.45. The van der Waals surface area contributed by atoms with Crippen molar-refractivity contribution in [2.75, 3.05) is 18.9 Å². The predicted octanol–water partition coefficient (Wildman–Crippen LogP) is 1.55. The summed E-state index contributed by atoms with van der Waals surface area (Å²) in [5, 5.41) is 8.72. The number of hydrogen-bond donors (Lipinski definition) is 2. The van der Waals surface area contributed by atoms with Gasteiger partial charge in [-0.25, -0.2) is 4.98 Å². The van der Waals surface area contributed by atoms with Gasteiger partial charge in [-0.3, -0.25) is 9.78 Å². The van der Waals surface area contributed by atoms with Gasteiger partial charge in [0.2, 0.25) is 0 Å². The third-order valence-electron chi connectivity index (χ3n) is 2.37. The Morgan fingerprint density at radius 2 is 2.17 bits per heavy atom. The van der Waals surface area contributed by atoms with Gasteiger partial charge in [-0.15, -0.1) is 11.3 Å². The highest BCUT2D eigenvalue weighted by molar-refractivity contribution is 7.13. The summed E-state index contributed by atoms with van der Waals surface area (Å²) in [5.41, 5.74) is 1.61. The Morgan fingerprint density at radius 1 is 1.39 bits per heavy atom. The number of nitrogens with zero attached hydrogens (tertiary/aromatic N) is 2. The molecule has 0 unspecified atom stereocenters. The Kier molecular flexibility index (Phi) is 4.25. The maximum absolute atomic E-state index is 11.7. The molecule has 0 fully saturated rings. The van der Waals surface area contributed by atoms with Crippen LogP contribution < -0.4 is 10.6 Å². The molecule has 0 bridgehead atoms. The Bertz CT molecular complexity index is 512. The molecule has 0 aliphatic carbocycles. The molecule has 0 aliphatic rings. The molecule has 0 saturated heterocycles. The molecule has 0 spiro atoms. The summed E-state index contributed by atoms with van der Waals surface area (Å²) in [6.45, 7) is 0.577. The van der Waals surface area contributed by atoms with E-state index >= 15 is 0 Å². The average molecular weight is 262 g/mol. The molecule has 0 radical (unpaired) electrons. The molecule has 1 amide bonds. The molecule has 2 N–H and O–H groups in total. The van der Waals surface area contributed by atoms with Gasteiger partial charge in [0.1, 0.15) is 0 Å². The minimum absolute atomic E-state index is 0.0820. The SMILES string of the molecule is CNc1nc(CCNC(=O)c2ccncc2)cs1. The van der Waals surface area contributed by atoms with Crippen molar-refractivity contribution >= 4 is 22.4 Å². The fraction of sp³-hybridized carbons (Fsp3) is 0.250. The normalized spacial score (nSPS) is 10.1. The van der Waals surface area contributed by atoms with Crippen LogP contribution in [0.25, 0.3) is 0 Å². The van der Waals surface area contributed by atoms with Crippen LogP contribution in [-0.2, 0) is 6.42 Å². The van der Waals surface area contributed by atoms with E-state index in [1.165, 1.54) is 0 Å². The van der Waals surface area contributed by atoms with Gasteiger partial charge in [-0.05, 0) is 12.1 Å². The van der Waals surface area contributed by atoms with Gasteiger partial charge < -0.3 is 10.6 Å². The molecule has 5 nitrogen and oxygen atoms in total. The van der Waals surface area contributed by atoms with E-state index in [-0.39, 0.29) is 5.91 Å². The van der Waals surface area contributed by atoms with Crippen LogP contribution in [0.1, 0.15) is 16.1 Å². The Hall–Kier alpha value is -1.95. The molecule has 2 aromatic rings. The number of carbonyl (C=O) groups is 1. The highest BCUT2D eigenvalue weighted by Crippen LogP contribution is 2.14. The lowest BCUT2D eigenvalue weighted by Crippen LogP contribution is -2.25. The molecule has 2 heterocycles. The highest BCUT2D eigenvalue weighted by atomic mass is 32.1. The van der Waals surface area contributed by atoms with Crippen LogP contribution in [0.5, 0.6) is 0 Å². The summed E-state index contributed by atoms with van der Waals surface area (Å²) in [5.74, 6) is -0.0820. The van der Waals surface area contributed by atoms with Crippen LogP contribution in [0.15, 0.2) is 29.9 Å². The molecule has 2 aromatic heterocycles. The quantitative estimate of drug-likeness (QED) is 0.858. The zero-order valence-electron chi connectivity index (χ0n) is 10.0. The second kappa shape index (κ2) is 6.11. The van der Waals surface area contributed by atoms with Crippen LogP contribution in [0.4, 0.5) is 5.13 Å². The molecule has 94 valence electrons. The van der Waals surface area contributed by atoms with E-state index in [0.29, 0.717) is 12.1 Å². The zero-order chi connectivity index (χ0) is 12.8. The summed E-state index contributed by atoms with van der Waals surface area (Å²) in [4.78, 5) is 19.9. The summed E-state index contributed by atoms with van der Waals surface area (Å²) < 4.78 is 0. The van der Waals surface area contributed by atoms with Crippen LogP contribution in [0.2, 0.25) is 0 Å². The van der Waals surface area contributed by atoms with Gasteiger partial charge in [-0.2, -0.15) is 0 Å². The van der Waals surface area contributed by atoms with E-state index in [1.807, 2.05) is 12.4 Å². The van der Waals surface area contributed by atoms with Crippen LogP contribution in [0, 0.1) is 0 Å². The minimum atomic E-state index is -0.0820. The molecule has 0 aromatic carbocycles. The number of amides is 1. The number of hydrogen-bond acceptors (Lipinski definition) is 5. The lowest BCUT2D eigenvalue weighted by Gasteiger charge is -2.03. The first kappa shape index (κ1) is 12.5. The van der Waals surface area contributed by atoms with Gasteiger partial charge in [0, 0.05) is 43.4 Å². The van der Waals surface area contributed by atoms with Crippen molar-refractivity contribution in [1.82, 2.24) is 15.3 Å². The fourth-order valence-corrected chi connectivity index (χ4v) is 2.15. The van der Waals surface area contributed by atoms with E-state index in [0.717, 1.165) is 17.2 Å². The Balaban J connectivity index is 1.80. The largest absolute Gasteiger partial charge is 0.365 e. The maximum Gasteiger partial charge on any atom is 0.251 e. The van der Waals surface area contributed by atoms with Crippen molar-refractivity contribution in [2.24, 2.45) is 0 Å². The molecule has 0 aliphatic heterocycles. The third kappa shape index (κ3) is 3.27. The second-order valence-electron chi connectivity index (χ2n) is 3.64. The van der Waals surface area contributed by atoms with Crippen molar-refractivity contribution < 1.29 is 4.79 Å². The van der Waals surface area contributed by atoms with Crippen molar-refractivity contribution in [3.05, 3.63) is 41.2 Å². The third-order valence-corrected chi connectivity index (χ3v) is 3.28. The molecular formula is C12H14N4OS. The number of pyridine rings is 1. The van der Waals surface area contributed by atoms with E-state index < -0.39 is 0 Å². The summed E-state index contributed by atoms with van der Waals surface area (Å²) >= 11 is 1.56. The Morgan fingerprint density at radius 3 is 2.83 bits per heavy atom. The summed E-state index contributed by atoms with van der Waals surface area (Å²) in [7, 11) is 1.84. The summed E-state index contributed by atoms with van der Waals surface area (Å²) in [6.07, 6.45) is 3.94. The highest BCUT2D eigenvalue weighted by Gasteiger charge is 2.05.